The first-order valence-corrected chi connectivity index (χ1v) is 10.4. The molecule has 2 atom stereocenters. The summed E-state index contributed by atoms with van der Waals surface area (Å²) in [7, 11) is -0.708. The van der Waals surface area contributed by atoms with Crippen LogP contribution in [0.25, 0.3) is 0 Å². The second-order valence-corrected chi connectivity index (χ2v) is 9.29. The monoisotopic (exact) mass is 402 g/mol. The van der Waals surface area contributed by atoms with E-state index in [2.05, 4.69) is 5.32 Å². The molecule has 0 aromatic heterocycles. The first kappa shape index (κ1) is 18.8. The molecule has 1 aliphatic carbocycles. The Morgan fingerprint density at radius 1 is 1.14 bits per heavy atom. The lowest BCUT2D eigenvalue weighted by atomic mass is 10.2. The number of nitrogens with one attached hydrogen (secondary N) is 1. The highest BCUT2D eigenvalue weighted by Crippen LogP contribution is 2.58. The third-order valence-electron chi connectivity index (χ3n) is 5.50. The van der Waals surface area contributed by atoms with Gasteiger partial charge in [-0.25, -0.2) is 8.42 Å². The Bertz CT molecular complexity index is 1010. The van der Waals surface area contributed by atoms with E-state index in [1.807, 2.05) is 30.3 Å². The van der Waals surface area contributed by atoms with Gasteiger partial charge in [-0.2, -0.15) is 4.31 Å². The van der Waals surface area contributed by atoms with Crippen LogP contribution in [0, 0.1) is 5.92 Å². The maximum Gasteiger partial charge on any atom is 0.247 e. The number of amides is 1. The minimum atomic E-state index is -3.73. The molecule has 7 nitrogen and oxygen atoms in total. The number of sulfonamides is 1. The molecule has 2 aromatic rings. The van der Waals surface area contributed by atoms with E-state index in [-0.39, 0.29) is 12.5 Å². The smallest absolute Gasteiger partial charge is 0.247 e. The number of rotatable bonds is 6. The lowest BCUT2D eigenvalue weighted by molar-refractivity contribution is -0.116. The van der Waals surface area contributed by atoms with Crippen molar-refractivity contribution in [2.24, 2.45) is 5.92 Å². The summed E-state index contributed by atoms with van der Waals surface area (Å²) in [6.07, 6.45) is 0.361. The van der Waals surface area contributed by atoms with Crippen molar-refractivity contribution in [1.29, 1.82) is 0 Å². The number of benzene rings is 2. The molecule has 1 N–H and O–H groups in total. The largest absolute Gasteiger partial charge is 0.493 e. The van der Waals surface area contributed by atoms with Gasteiger partial charge in [-0.05, 0) is 24.1 Å². The molecule has 1 amide bonds. The van der Waals surface area contributed by atoms with Crippen molar-refractivity contribution in [1.82, 2.24) is 4.31 Å². The van der Waals surface area contributed by atoms with Crippen molar-refractivity contribution in [3.05, 3.63) is 54.1 Å². The Morgan fingerprint density at radius 3 is 2.54 bits per heavy atom. The standard InChI is InChI=1S/C20H22N2O5S/c1-26-17-9-8-16(10-18(17)27-2)21-19(23)20-11-15(20)13-22(28(20,24)25)12-14-6-4-3-5-7-14/h3-10,15H,11-13H2,1-2H3,(H,21,23)/t15-,20+/m0/s1. The zero-order valence-electron chi connectivity index (χ0n) is 15.7. The first-order chi connectivity index (χ1) is 13.4. The van der Waals surface area contributed by atoms with E-state index in [1.165, 1.54) is 18.5 Å². The van der Waals surface area contributed by atoms with Crippen molar-refractivity contribution < 1.29 is 22.7 Å². The molecule has 2 aromatic carbocycles. The molecule has 2 fully saturated rings. The van der Waals surface area contributed by atoms with Gasteiger partial charge in [0.1, 0.15) is 0 Å². The molecule has 148 valence electrons. The molecule has 2 aliphatic rings. The molecule has 8 heteroatoms. The number of carbonyl (C=O) groups is 1. The number of hydrogen-bond donors (Lipinski definition) is 1. The van der Waals surface area contributed by atoms with Crippen LogP contribution in [0.3, 0.4) is 0 Å². The van der Waals surface area contributed by atoms with Gasteiger partial charge in [0.2, 0.25) is 15.9 Å². The van der Waals surface area contributed by atoms with Gasteiger partial charge in [0.05, 0.1) is 14.2 Å². The molecule has 0 spiro atoms. The molecule has 28 heavy (non-hydrogen) atoms. The lowest BCUT2D eigenvalue weighted by Crippen LogP contribution is -2.41. The summed E-state index contributed by atoms with van der Waals surface area (Å²) in [5, 5.41) is 2.75. The van der Waals surface area contributed by atoms with Gasteiger partial charge in [0, 0.05) is 30.8 Å². The fourth-order valence-corrected chi connectivity index (χ4v) is 6.24. The summed E-state index contributed by atoms with van der Waals surface area (Å²) >= 11 is 0. The maximum atomic E-state index is 13.1. The average molecular weight is 402 g/mol. The number of nitrogens with zero attached hydrogens (tertiary/aromatic N) is 1. The molecule has 0 bridgehead atoms. The van der Waals surface area contributed by atoms with Crippen LogP contribution in [0.5, 0.6) is 11.5 Å². The first-order valence-electron chi connectivity index (χ1n) is 8.99. The van der Waals surface area contributed by atoms with E-state index in [0.29, 0.717) is 30.2 Å². The summed E-state index contributed by atoms with van der Waals surface area (Å²) < 4.78 is 36.8. The van der Waals surface area contributed by atoms with Gasteiger partial charge in [-0.15, -0.1) is 0 Å². The van der Waals surface area contributed by atoms with E-state index in [1.54, 1.807) is 18.2 Å². The normalized spacial score (nSPS) is 25.0. The Labute approximate surface area is 164 Å². The van der Waals surface area contributed by atoms with Crippen LogP contribution in [-0.2, 0) is 21.4 Å². The number of methoxy groups -OCH3 is 2. The Morgan fingerprint density at radius 2 is 1.86 bits per heavy atom. The summed E-state index contributed by atoms with van der Waals surface area (Å²) in [6.45, 7) is 0.654. The van der Waals surface area contributed by atoms with Crippen molar-refractivity contribution in [2.75, 3.05) is 26.1 Å². The van der Waals surface area contributed by atoms with Crippen LogP contribution in [-0.4, -0.2) is 44.1 Å². The molecule has 0 unspecified atom stereocenters. The number of hydrogen-bond acceptors (Lipinski definition) is 5. The highest BCUT2D eigenvalue weighted by Gasteiger charge is 2.75. The van der Waals surface area contributed by atoms with Gasteiger partial charge in [-0.1, -0.05) is 30.3 Å². The summed E-state index contributed by atoms with van der Waals surface area (Å²) in [5.74, 6) is 0.331. The van der Waals surface area contributed by atoms with E-state index in [9.17, 15) is 13.2 Å². The molecular weight excluding hydrogens is 380 g/mol. The number of carbonyl (C=O) groups excluding carboxylic acids is 1. The zero-order valence-corrected chi connectivity index (χ0v) is 16.5. The maximum absolute atomic E-state index is 13.1. The van der Waals surface area contributed by atoms with Crippen LogP contribution in [0.4, 0.5) is 5.69 Å². The summed E-state index contributed by atoms with van der Waals surface area (Å²) in [6, 6.07) is 14.4. The van der Waals surface area contributed by atoms with Crippen molar-refractivity contribution >= 4 is 21.6 Å². The van der Waals surface area contributed by atoms with Gasteiger partial charge >= 0.3 is 0 Å². The second-order valence-electron chi connectivity index (χ2n) is 7.10. The van der Waals surface area contributed by atoms with Crippen molar-refractivity contribution in [2.45, 2.75) is 17.7 Å². The number of anilines is 1. The minimum Gasteiger partial charge on any atom is -0.493 e. The van der Waals surface area contributed by atoms with E-state index < -0.39 is 20.7 Å². The van der Waals surface area contributed by atoms with Gasteiger partial charge < -0.3 is 14.8 Å². The molecular formula is C20H22N2O5S. The minimum absolute atomic E-state index is 0.179. The molecule has 1 aliphatic heterocycles. The zero-order chi connectivity index (χ0) is 19.9. The van der Waals surface area contributed by atoms with Crippen LogP contribution < -0.4 is 14.8 Å². The summed E-state index contributed by atoms with van der Waals surface area (Å²) in [4.78, 5) is 13.0. The molecule has 1 saturated carbocycles. The quantitative estimate of drug-likeness (QED) is 0.801. The molecule has 0 radical (unpaired) electrons. The Kier molecular flexibility index (Phi) is 4.55. The van der Waals surface area contributed by atoms with Gasteiger partial charge in [0.25, 0.3) is 0 Å². The van der Waals surface area contributed by atoms with Crippen molar-refractivity contribution in [3.63, 3.8) is 0 Å². The van der Waals surface area contributed by atoms with Crippen LogP contribution in [0.1, 0.15) is 12.0 Å². The average Bonchev–Trinajstić information content (AvgIpc) is 3.39. The predicted octanol–water partition coefficient (Wildman–Crippen LogP) is 2.25. The second kappa shape index (κ2) is 6.79. The van der Waals surface area contributed by atoms with E-state index >= 15 is 0 Å². The fourth-order valence-electron chi connectivity index (χ4n) is 3.89. The van der Waals surface area contributed by atoms with Crippen LogP contribution >= 0.6 is 0 Å². The molecule has 1 saturated heterocycles. The predicted molar refractivity (Wildman–Crippen MR) is 105 cm³/mol. The molecule has 1 heterocycles. The highest BCUT2D eigenvalue weighted by molar-refractivity contribution is 7.92. The van der Waals surface area contributed by atoms with Crippen LogP contribution in [0.2, 0.25) is 0 Å². The van der Waals surface area contributed by atoms with E-state index in [4.69, 9.17) is 9.47 Å². The Hall–Kier alpha value is -2.58. The lowest BCUT2D eigenvalue weighted by Gasteiger charge is -2.21. The summed E-state index contributed by atoms with van der Waals surface area (Å²) in [5.41, 5.74) is 1.38. The van der Waals surface area contributed by atoms with E-state index in [0.717, 1.165) is 5.56 Å². The fraction of sp³-hybridized carbons (Fsp3) is 0.350. The van der Waals surface area contributed by atoms with Gasteiger partial charge in [0.15, 0.2) is 16.2 Å². The third kappa shape index (κ3) is 2.84. The SMILES string of the molecule is COc1ccc(NC(=O)[C@@]23C[C@H]2CN(Cc2ccccc2)S3(=O)=O)cc1OC. The Balaban J connectivity index is 1.54. The van der Waals surface area contributed by atoms with Crippen molar-refractivity contribution in [3.8, 4) is 11.5 Å². The highest BCUT2D eigenvalue weighted by atomic mass is 32.2. The number of ether oxygens (including phenoxy) is 2. The van der Waals surface area contributed by atoms with Gasteiger partial charge in [-0.3, -0.25) is 4.79 Å². The topological polar surface area (TPSA) is 84.9 Å². The van der Waals surface area contributed by atoms with Crippen LogP contribution in [0.15, 0.2) is 48.5 Å². The third-order valence-corrected chi connectivity index (χ3v) is 8.06. The molecule has 4 rings (SSSR count). The number of fused-ring (bicyclic) bond motifs is 1.